The molecule has 0 radical (unpaired) electrons. The maximum atomic E-state index is 10.5. The number of thiol groups is 1. The lowest BCUT2D eigenvalue weighted by molar-refractivity contribution is 0.570. The first-order valence-corrected chi connectivity index (χ1v) is 5.95. The van der Waals surface area contributed by atoms with Gasteiger partial charge in [0.25, 0.3) is 11.3 Å². The molecular formula is C9H13NO2S2. The molecule has 0 saturated carbocycles. The number of nitrogens with one attached hydrogen (secondary N) is 1. The SMILES string of the molecule is Cc1ccc(NS(=O)O)cc1CCS. The second kappa shape index (κ2) is 5.38. The molecule has 3 nitrogen and oxygen atoms in total. The molecule has 0 aliphatic carbocycles. The molecule has 2 N–H and O–H groups in total. The van der Waals surface area contributed by atoms with Gasteiger partial charge in [-0.25, -0.2) is 4.21 Å². The maximum Gasteiger partial charge on any atom is 0.259 e. The minimum atomic E-state index is -2.00. The van der Waals surface area contributed by atoms with Gasteiger partial charge in [-0.15, -0.1) is 0 Å². The van der Waals surface area contributed by atoms with Crippen LogP contribution in [0.1, 0.15) is 11.1 Å². The monoisotopic (exact) mass is 231 g/mol. The van der Waals surface area contributed by atoms with E-state index in [9.17, 15) is 4.21 Å². The van der Waals surface area contributed by atoms with Gasteiger partial charge in [-0.2, -0.15) is 12.6 Å². The molecule has 0 fully saturated rings. The number of rotatable bonds is 4. The van der Waals surface area contributed by atoms with Crippen LogP contribution < -0.4 is 4.72 Å². The molecule has 0 amide bonds. The van der Waals surface area contributed by atoms with Crippen LogP contribution in [-0.2, 0) is 17.7 Å². The van der Waals surface area contributed by atoms with Crippen LogP contribution in [0.5, 0.6) is 0 Å². The highest BCUT2D eigenvalue weighted by Gasteiger charge is 2.01. The van der Waals surface area contributed by atoms with E-state index in [1.54, 1.807) is 6.07 Å². The largest absolute Gasteiger partial charge is 0.289 e. The Hall–Kier alpha value is -0.520. The van der Waals surface area contributed by atoms with Crippen molar-refractivity contribution in [1.29, 1.82) is 0 Å². The van der Waals surface area contributed by atoms with E-state index in [1.807, 2.05) is 19.1 Å². The number of benzene rings is 1. The second-order valence-corrected chi connectivity index (χ2v) is 4.12. The molecular weight excluding hydrogens is 218 g/mol. The van der Waals surface area contributed by atoms with Gasteiger partial charge < -0.3 is 0 Å². The zero-order chi connectivity index (χ0) is 10.6. The molecule has 0 aromatic heterocycles. The average molecular weight is 231 g/mol. The second-order valence-electron chi connectivity index (χ2n) is 2.97. The summed E-state index contributed by atoms with van der Waals surface area (Å²) in [4.78, 5) is 0. The van der Waals surface area contributed by atoms with Crippen LogP contribution in [0.3, 0.4) is 0 Å². The molecule has 0 heterocycles. The van der Waals surface area contributed by atoms with Crippen molar-refractivity contribution in [2.45, 2.75) is 13.3 Å². The van der Waals surface area contributed by atoms with E-state index in [0.29, 0.717) is 5.69 Å². The van der Waals surface area contributed by atoms with Crippen LogP contribution in [0.25, 0.3) is 0 Å². The fraction of sp³-hybridized carbons (Fsp3) is 0.333. The Labute approximate surface area is 91.7 Å². The van der Waals surface area contributed by atoms with Gasteiger partial charge in [0.1, 0.15) is 0 Å². The summed E-state index contributed by atoms with van der Waals surface area (Å²) in [7, 11) is 0. The first kappa shape index (κ1) is 11.6. The first-order chi connectivity index (χ1) is 6.63. The van der Waals surface area contributed by atoms with Gasteiger partial charge in [-0.05, 0) is 42.4 Å². The summed E-state index contributed by atoms with van der Waals surface area (Å²) in [5.74, 6) is 0.770. The van der Waals surface area contributed by atoms with Crippen molar-refractivity contribution in [1.82, 2.24) is 0 Å². The molecule has 1 atom stereocenters. The summed E-state index contributed by atoms with van der Waals surface area (Å²) < 4.78 is 21.6. The molecule has 5 heteroatoms. The predicted molar refractivity (Wildman–Crippen MR) is 63.1 cm³/mol. The van der Waals surface area contributed by atoms with Crippen molar-refractivity contribution in [3.05, 3.63) is 29.3 Å². The van der Waals surface area contributed by atoms with E-state index >= 15 is 0 Å². The zero-order valence-electron chi connectivity index (χ0n) is 7.86. The highest BCUT2D eigenvalue weighted by atomic mass is 32.2. The van der Waals surface area contributed by atoms with Gasteiger partial charge in [-0.3, -0.25) is 9.27 Å². The lowest BCUT2D eigenvalue weighted by Crippen LogP contribution is -2.03. The van der Waals surface area contributed by atoms with Crippen LogP contribution in [0.2, 0.25) is 0 Å². The smallest absolute Gasteiger partial charge is 0.259 e. The molecule has 14 heavy (non-hydrogen) atoms. The highest BCUT2D eigenvalue weighted by molar-refractivity contribution is 7.80. The quantitative estimate of drug-likeness (QED) is 0.548. The Balaban J connectivity index is 2.88. The van der Waals surface area contributed by atoms with Gasteiger partial charge in [0.15, 0.2) is 0 Å². The van der Waals surface area contributed by atoms with Crippen LogP contribution in [-0.4, -0.2) is 14.5 Å². The van der Waals surface area contributed by atoms with Crippen LogP contribution >= 0.6 is 12.6 Å². The fourth-order valence-electron chi connectivity index (χ4n) is 1.23. The van der Waals surface area contributed by atoms with Gasteiger partial charge >= 0.3 is 0 Å². The van der Waals surface area contributed by atoms with Gasteiger partial charge in [-0.1, -0.05) is 6.07 Å². The summed E-state index contributed by atoms with van der Waals surface area (Å²) in [5.41, 5.74) is 2.98. The standard InChI is InChI=1S/C9H13NO2S2/c1-7-2-3-9(10-14(11)12)6-8(7)4-5-13/h2-3,6,10,13H,4-5H2,1H3,(H,11,12). The Morgan fingerprint density at radius 2 is 2.29 bits per heavy atom. The first-order valence-electron chi connectivity index (χ1n) is 4.21. The third-order valence-corrected chi connectivity index (χ3v) is 2.57. The fourth-order valence-corrected chi connectivity index (χ4v) is 1.80. The Kier molecular flexibility index (Phi) is 4.44. The maximum absolute atomic E-state index is 10.5. The molecule has 0 bridgehead atoms. The topological polar surface area (TPSA) is 49.3 Å². The Morgan fingerprint density at radius 1 is 1.57 bits per heavy atom. The normalized spacial score (nSPS) is 12.5. The van der Waals surface area contributed by atoms with Crippen molar-refractivity contribution >= 4 is 29.6 Å². The highest BCUT2D eigenvalue weighted by Crippen LogP contribution is 2.16. The zero-order valence-corrected chi connectivity index (χ0v) is 9.57. The van der Waals surface area contributed by atoms with E-state index in [-0.39, 0.29) is 0 Å². The van der Waals surface area contributed by atoms with Crippen LogP contribution in [0.15, 0.2) is 18.2 Å². The average Bonchev–Trinajstić information content (AvgIpc) is 2.10. The lowest BCUT2D eigenvalue weighted by atomic mass is 10.1. The van der Waals surface area contributed by atoms with Gasteiger partial charge in [0.05, 0.1) is 0 Å². The van der Waals surface area contributed by atoms with E-state index in [2.05, 4.69) is 17.4 Å². The van der Waals surface area contributed by atoms with Crippen LogP contribution in [0, 0.1) is 6.92 Å². The third kappa shape index (κ3) is 3.32. The number of hydrogen-bond acceptors (Lipinski definition) is 2. The van der Waals surface area contributed by atoms with Gasteiger partial charge in [0, 0.05) is 5.69 Å². The van der Waals surface area contributed by atoms with E-state index in [0.717, 1.165) is 17.7 Å². The minimum Gasteiger partial charge on any atom is -0.289 e. The molecule has 78 valence electrons. The number of anilines is 1. The molecule has 1 aromatic rings. The number of hydrogen-bond donors (Lipinski definition) is 3. The molecule has 1 rings (SSSR count). The van der Waals surface area contributed by atoms with Crippen molar-refractivity contribution in [3.63, 3.8) is 0 Å². The van der Waals surface area contributed by atoms with Crippen LogP contribution in [0.4, 0.5) is 5.69 Å². The Morgan fingerprint density at radius 3 is 2.86 bits per heavy atom. The van der Waals surface area contributed by atoms with Crippen molar-refractivity contribution < 1.29 is 8.76 Å². The number of aryl methyl sites for hydroxylation is 2. The summed E-state index contributed by atoms with van der Waals surface area (Å²) in [6.45, 7) is 2.01. The van der Waals surface area contributed by atoms with E-state index in [4.69, 9.17) is 4.55 Å². The minimum absolute atomic E-state index is 0.660. The molecule has 0 saturated heterocycles. The van der Waals surface area contributed by atoms with E-state index in [1.165, 1.54) is 5.56 Å². The summed E-state index contributed by atoms with van der Waals surface area (Å²) >= 11 is 2.15. The molecule has 0 spiro atoms. The lowest BCUT2D eigenvalue weighted by Gasteiger charge is -2.07. The van der Waals surface area contributed by atoms with Crippen molar-refractivity contribution in [2.24, 2.45) is 0 Å². The van der Waals surface area contributed by atoms with Crippen molar-refractivity contribution in [3.8, 4) is 0 Å². The summed E-state index contributed by atoms with van der Waals surface area (Å²) in [6, 6.07) is 5.58. The molecule has 0 aliphatic rings. The third-order valence-electron chi connectivity index (χ3n) is 1.94. The van der Waals surface area contributed by atoms with Gasteiger partial charge in [0.2, 0.25) is 0 Å². The van der Waals surface area contributed by atoms with Crippen molar-refractivity contribution in [2.75, 3.05) is 10.5 Å². The predicted octanol–water partition coefficient (Wildman–Crippen LogP) is 2.02. The van der Waals surface area contributed by atoms with E-state index < -0.39 is 11.3 Å². The molecule has 1 unspecified atom stereocenters. The summed E-state index contributed by atoms with van der Waals surface area (Å²) in [6.07, 6.45) is 0.864. The molecule has 1 aromatic carbocycles. The molecule has 0 aliphatic heterocycles. The Bertz CT molecular complexity index is 342. The summed E-state index contributed by atoms with van der Waals surface area (Å²) in [5, 5.41) is 0.